The minimum atomic E-state index is 0. The summed E-state index contributed by atoms with van der Waals surface area (Å²) in [5, 5.41) is 0. The van der Waals surface area contributed by atoms with Crippen molar-refractivity contribution in [2.75, 3.05) is 0 Å². The molecule has 0 saturated carbocycles. The number of rotatable bonds is 0. The second-order valence-corrected chi connectivity index (χ2v) is 2.69. The summed E-state index contributed by atoms with van der Waals surface area (Å²) in [6.07, 6.45) is 6.00. The molecule has 0 aliphatic carbocycles. The summed E-state index contributed by atoms with van der Waals surface area (Å²) in [5.74, 6) is 0. The zero-order valence-corrected chi connectivity index (χ0v) is 12.8. The van der Waals surface area contributed by atoms with Crippen LogP contribution in [-0.2, 0) is 0 Å². The fraction of sp³-hybridized carbons (Fsp3) is 0.429. The maximum absolute atomic E-state index is 2.00. The van der Waals surface area contributed by atoms with E-state index in [0.717, 1.165) is 0 Å². The van der Waals surface area contributed by atoms with Crippen molar-refractivity contribution in [1.82, 2.24) is 0 Å². The van der Waals surface area contributed by atoms with Gasteiger partial charge in [0.05, 0.1) is 0 Å². The molecule has 0 aliphatic heterocycles. The largest absolute Gasteiger partial charge is 0.335 e. The zero-order valence-electron chi connectivity index (χ0n) is 10.9. The molecule has 1 heteroatoms. The normalized spacial score (nSPS) is 6.27. The van der Waals surface area contributed by atoms with E-state index in [4.69, 9.17) is 0 Å². The van der Waals surface area contributed by atoms with Crippen LogP contribution in [0.5, 0.6) is 0 Å². The van der Waals surface area contributed by atoms with Gasteiger partial charge in [-0.3, -0.25) is 0 Å². The summed E-state index contributed by atoms with van der Waals surface area (Å²) in [6, 6.07) is 10.0. The average molecular weight is 362 g/mol. The fourth-order valence-electron chi connectivity index (χ4n) is 0.321. The van der Waals surface area contributed by atoms with E-state index in [-0.39, 0.29) is 37.3 Å². The number of hydrogen-bond acceptors (Lipinski definition) is 0. The molecule has 0 spiro atoms. The molecule has 1 rings (SSSR count). The predicted molar refractivity (Wildman–Crippen MR) is 69.0 cm³/mol. The van der Waals surface area contributed by atoms with Gasteiger partial charge in [-0.25, -0.2) is 12.1 Å². The summed E-state index contributed by atoms with van der Waals surface area (Å²) < 4.78 is 0. The van der Waals surface area contributed by atoms with E-state index in [9.17, 15) is 0 Å². The van der Waals surface area contributed by atoms with E-state index in [2.05, 4.69) is 0 Å². The zero-order chi connectivity index (χ0) is 11.7. The summed E-state index contributed by atoms with van der Waals surface area (Å²) in [4.78, 5) is 0. The summed E-state index contributed by atoms with van der Waals surface area (Å²) >= 11 is 0. The average Bonchev–Trinajstić information content (AvgIpc) is 2.63. The molecule has 0 radical (unpaired) electrons. The van der Waals surface area contributed by atoms with Gasteiger partial charge < -0.3 is 19.3 Å². The molecule has 98 valence electrons. The molecule has 0 N–H and O–H groups in total. The van der Waals surface area contributed by atoms with Crippen molar-refractivity contribution in [3.63, 3.8) is 0 Å². The van der Waals surface area contributed by atoms with Crippen molar-refractivity contribution in [2.45, 2.75) is 41.5 Å². The first-order valence-electron chi connectivity index (χ1n) is 5.13. The van der Waals surface area contributed by atoms with E-state index >= 15 is 0 Å². The van der Waals surface area contributed by atoms with Gasteiger partial charge in [-0.1, -0.05) is 0 Å². The standard InChI is InChI=1S/C5H5.3C3H7.Er/c1-2-4-5-3-1;3*1-3-2;/h1-5H;3*3H,1-2H3;/q4*-1;. The number of hydrogen-bond donors (Lipinski definition) is 0. The maximum Gasteiger partial charge on any atom is 0 e. The van der Waals surface area contributed by atoms with Gasteiger partial charge in [0, 0.05) is 37.3 Å². The Morgan fingerprint density at radius 3 is 0.933 bits per heavy atom. The van der Waals surface area contributed by atoms with Crippen molar-refractivity contribution in [2.24, 2.45) is 0 Å². The van der Waals surface area contributed by atoms with E-state index < -0.39 is 0 Å². The second kappa shape index (κ2) is 36.5. The maximum atomic E-state index is 2.00. The molecule has 0 saturated heterocycles. The van der Waals surface area contributed by atoms with Gasteiger partial charge in [0.25, 0.3) is 0 Å². The summed E-state index contributed by atoms with van der Waals surface area (Å²) in [5.41, 5.74) is 0. The smallest absolute Gasteiger partial charge is 0 e. The van der Waals surface area contributed by atoms with Crippen LogP contribution in [0, 0.1) is 56.6 Å². The van der Waals surface area contributed by atoms with Crippen LogP contribution < -0.4 is 0 Å². The van der Waals surface area contributed by atoms with Gasteiger partial charge in [-0.2, -0.15) is 59.7 Å². The Morgan fingerprint density at radius 1 is 0.667 bits per heavy atom. The van der Waals surface area contributed by atoms with E-state index in [0.29, 0.717) is 0 Å². The van der Waals surface area contributed by atoms with Gasteiger partial charge in [0.15, 0.2) is 0 Å². The van der Waals surface area contributed by atoms with Crippen LogP contribution in [0.1, 0.15) is 41.5 Å². The summed E-state index contributed by atoms with van der Waals surface area (Å²) in [7, 11) is 0. The van der Waals surface area contributed by atoms with Crippen LogP contribution in [0.3, 0.4) is 0 Å². The van der Waals surface area contributed by atoms with Gasteiger partial charge in [-0.05, 0) is 0 Å². The van der Waals surface area contributed by atoms with Crippen LogP contribution in [0.25, 0.3) is 0 Å². The first-order chi connectivity index (χ1) is 6.74. The minimum Gasteiger partial charge on any atom is -0.335 e. The molecule has 0 aliphatic rings. The van der Waals surface area contributed by atoms with Gasteiger partial charge in [0.2, 0.25) is 0 Å². The molecule has 0 unspecified atom stereocenters. The second-order valence-electron chi connectivity index (χ2n) is 2.69. The molecule has 1 aromatic carbocycles. The van der Waals surface area contributed by atoms with Crippen molar-refractivity contribution in [3.05, 3.63) is 49.6 Å². The molecule has 0 atom stereocenters. The Balaban J connectivity index is -0.0000000550. The van der Waals surface area contributed by atoms with Crippen LogP contribution in [0.15, 0.2) is 30.3 Å². The van der Waals surface area contributed by atoms with Gasteiger partial charge in [0.1, 0.15) is 0 Å². The molecule has 15 heavy (non-hydrogen) atoms. The Labute approximate surface area is 127 Å². The third kappa shape index (κ3) is 73.9. The molecule has 0 aromatic heterocycles. The van der Waals surface area contributed by atoms with E-state index in [1.54, 1.807) is 0 Å². The third-order valence-corrected chi connectivity index (χ3v) is 0.556. The van der Waals surface area contributed by atoms with Crippen molar-refractivity contribution >= 4 is 0 Å². The Bertz CT molecular complexity index is 88.9. The molecule has 0 bridgehead atoms. The molecule has 1 aromatic rings. The molecular formula is C14H26Er-4. The molecule has 0 nitrogen and oxygen atoms in total. The topological polar surface area (TPSA) is 0 Å². The van der Waals surface area contributed by atoms with Crippen LogP contribution >= 0.6 is 0 Å². The molecule has 0 heterocycles. The first-order valence-corrected chi connectivity index (χ1v) is 5.13. The van der Waals surface area contributed by atoms with Gasteiger partial charge >= 0.3 is 0 Å². The Morgan fingerprint density at radius 2 is 0.867 bits per heavy atom. The Kier molecular flexibility index (Phi) is 60.2. The molecular weight excluding hydrogens is 335 g/mol. The first kappa shape index (κ1) is 24.7. The fourth-order valence-corrected chi connectivity index (χ4v) is 0.321. The molecule has 0 amide bonds. The SMILES string of the molecule is C[CH-]C.C[CH-]C.C[CH-]C.[Er].c1cc[cH-]c1. The summed E-state index contributed by atoms with van der Waals surface area (Å²) in [6.45, 7) is 12.0. The quantitative estimate of drug-likeness (QED) is 0.564. The third-order valence-electron chi connectivity index (χ3n) is 0.556. The Hall–Kier alpha value is 0.597. The monoisotopic (exact) mass is 360 g/mol. The van der Waals surface area contributed by atoms with E-state index in [1.807, 2.05) is 91.1 Å². The van der Waals surface area contributed by atoms with Crippen LogP contribution in [0.2, 0.25) is 0 Å². The van der Waals surface area contributed by atoms with E-state index in [1.165, 1.54) is 0 Å². The molecule has 0 fully saturated rings. The van der Waals surface area contributed by atoms with Crippen molar-refractivity contribution in [3.8, 4) is 0 Å². The van der Waals surface area contributed by atoms with Crippen molar-refractivity contribution < 1.29 is 37.3 Å². The van der Waals surface area contributed by atoms with Crippen LogP contribution in [0.4, 0.5) is 0 Å². The minimum absolute atomic E-state index is 0. The van der Waals surface area contributed by atoms with Crippen molar-refractivity contribution in [1.29, 1.82) is 0 Å². The predicted octanol–water partition coefficient (Wildman–Crippen LogP) is 5.10. The van der Waals surface area contributed by atoms with Crippen LogP contribution in [-0.4, -0.2) is 0 Å². The van der Waals surface area contributed by atoms with Gasteiger partial charge in [-0.15, -0.1) is 0 Å².